The smallest absolute Gasteiger partial charge is 0.262 e. The molecule has 1 heterocycles. The highest BCUT2D eigenvalue weighted by atomic mass is 32.2. The minimum Gasteiger partial charge on any atom is -0.497 e. The Balaban J connectivity index is 1.82. The second kappa shape index (κ2) is 8.97. The van der Waals surface area contributed by atoms with Crippen molar-refractivity contribution in [1.82, 2.24) is 0 Å². The average Bonchev–Trinajstić information content (AvgIpc) is 2.74. The molecule has 0 aliphatic carbocycles. The minimum atomic E-state index is -3.81. The first kappa shape index (κ1) is 22.6. The van der Waals surface area contributed by atoms with E-state index in [9.17, 15) is 18.0 Å². The van der Waals surface area contributed by atoms with Crippen molar-refractivity contribution in [2.75, 3.05) is 30.5 Å². The molecule has 8 nitrogen and oxygen atoms in total. The fourth-order valence-corrected chi connectivity index (χ4v) is 5.04. The van der Waals surface area contributed by atoms with Crippen molar-refractivity contribution in [2.24, 2.45) is 0 Å². The Morgan fingerprint density at radius 3 is 2.55 bits per heavy atom. The van der Waals surface area contributed by atoms with Crippen LogP contribution in [0.2, 0.25) is 0 Å². The van der Waals surface area contributed by atoms with E-state index in [0.29, 0.717) is 35.0 Å². The SMILES string of the molecule is CCN(C(=O)C[C@H](C)S(=O)(=O)c1cc2c(cc1C)NC(=O)CO2)c1ccc(OC)cc1. The molecule has 1 atom stereocenters. The standard InChI is InChI=1S/C22H26N2O6S/c1-5-24(16-6-8-17(29-4)9-7-16)22(26)11-15(3)31(27,28)20-12-19-18(10-14(20)2)23-21(25)13-30-19/h6-10,12,15H,5,11,13H2,1-4H3,(H,23,25)/t15-/m0/s1. The van der Waals surface area contributed by atoms with Crippen LogP contribution in [-0.2, 0) is 19.4 Å². The fraction of sp³-hybridized carbons (Fsp3) is 0.364. The minimum absolute atomic E-state index is 0.0928. The Hall–Kier alpha value is -3.07. The van der Waals surface area contributed by atoms with Crippen molar-refractivity contribution in [3.63, 3.8) is 0 Å². The number of aryl methyl sites for hydroxylation is 1. The number of benzene rings is 2. The molecule has 1 aliphatic heterocycles. The molecule has 0 aromatic heterocycles. The molecule has 0 unspecified atom stereocenters. The van der Waals surface area contributed by atoms with E-state index in [1.54, 1.807) is 49.3 Å². The molecule has 2 amide bonds. The number of amides is 2. The second-order valence-corrected chi connectivity index (χ2v) is 9.68. The van der Waals surface area contributed by atoms with Gasteiger partial charge >= 0.3 is 0 Å². The zero-order valence-electron chi connectivity index (χ0n) is 18.0. The van der Waals surface area contributed by atoms with Gasteiger partial charge in [0.1, 0.15) is 11.5 Å². The Bertz CT molecular complexity index is 1100. The van der Waals surface area contributed by atoms with Crippen molar-refractivity contribution >= 4 is 33.0 Å². The van der Waals surface area contributed by atoms with Crippen LogP contribution in [0.5, 0.6) is 11.5 Å². The molecular formula is C22H26N2O6S. The lowest BCUT2D eigenvalue weighted by atomic mass is 10.2. The first-order chi connectivity index (χ1) is 14.7. The summed E-state index contributed by atoms with van der Waals surface area (Å²) in [5, 5.41) is 1.72. The van der Waals surface area contributed by atoms with Crippen molar-refractivity contribution in [1.29, 1.82) is 0 Å². The quantitative estimate of drug-likeness (QED) is 0.702. The Labute approximate surface area is 182 Å². The van der Waals surface area contributed by atoms with Gasteiger partial charge in [-0.2, -0.15) is 0 Å². The van der Waals surface area contributed by atoms with Crippen LogP contribution in [0.25, 0.3) is 0 Å². The van der Waals surface area contributed by atoms with E-state index in [1.807, 2.05) is 6.92 Å². The van der Waals surface area contributed by atoms with Crippen molar-refractivity contribution in [3.05, 3.63) is 42.0 Å². The normalized spacial score (nSPS) is 14.1. The molecular weight excluding hydrogens is 420 g/mol. The van der Waals surface area contributed by atoms with Gasteiger partial charge in [-0.3, -0.25) is 9.59 Å². The number of carbonyl (C=O) groups is 2. The van der Waals surface area contributed by atoms with Gasteiger partial charge in [-0.15, -0.1) is 0 Å². The summed E-state index contributed by atoms with van der Waals surface area (Å²) in [6.07, 6.45) is -0.170. The second-order valence-electron chi connectivity index (χ2n) is 7.35. The maximum Gasteiger partial charge on any atom is 0.262 e. The molecule has 166 valence electrons. The number of fused-ring (bicyclic) bond motifs is 1. The first-order valence-corrected chi connectivity index (χ1v) is 11.5. The zero-order valence-corrected chi connectivity index (χ0v) is 18.8. The van der Waals surface area contributed by atoms with Crippen LogP contribution in [0.1, 0.15) is 25.8 Å². The summed E-state index contributed by atoms with van der Waals surface area (Å²) in [7, 11) is -2.25. The van der Waals surface area contributed by atoms with E-state index < -0.39 is 15.1 Å². The van der Waals surface area contributed by atoms with Crippen LogP contribution in [0.4, 0.5) is 11.4 Å². The van der Waals surface area contributed by atoms with Gasteiger partial charge in [0.2, 0.25) is 5.91 Å². The van der Waals surface area contributed by atoms with Crippen molar-refractivity contribution in [3.8, 4) is 11.5 Å². The average molecular weight is 447 g/mol. The monoisotopic (exact) mass is 446 g/mol. The summed E-state index contributed by atoms with van der Waals surface area (Å²) < 4.78 is 37.0. The molecule has 9 heteroatoms. The van der Waals surface area contributed by atoms with Gasteiger partial charge in [0.05, 0.1) is 22.9 Å². The maximum atomic E-state index is 13.2. The van der Waals surface area contributed by atoms with Crippen LogP contribution in [0.3, 0.4) is 0 Å². The predicted molar refractivity (Wildman–Crippen MR) is 118 cm³/mol. The van der Waals surface area contributed by atoms with Gasteiger partial charge in [0, 0.05) is 24.7 Å². The third-order valence-electron chi connectivity index (χ3n) is 5.21. The Morgan fingerprint density at radius 2 is 1.94 bits per heavy atom. The molecule has 0 bridgehead atoms. The Kier molecular flexibility index (Phi) is 6.54. The predicted octanol–water partition coefficient (Wildman–Crippen LogP) is 2.94. The van der Waals surface area contributed by atoms with Crippen molar-refractivity contribution < 1.29 is 27.5 Å². The number of sulfone groups is 1. The number of hydrogen-bond acceptors (Lipinski definition) is 6. The molecule has 0 radical (unpaired) electrons. The van der Waals surface area contributed by atoms with Crippen molar-refractivity contribution in [2.45, 2.75) is 37.3 Å². The van der Waals surface area contributed by atoms with Crippen LogP contribution >= 0.6 is 0 Å². The number of ether oxygens (including phenoxy) is 2. The van der Waals surface area contributed by atoms with Gasteiger partial charge in [0.15, 0.2) is 16.4 Å². The lowest BCUT2D eigenvalue weighted by Crippen LogP contribution is -2.35. The number of nitrogens with one attached hydrogen (secondary N) is 1. The van der Waals surface area contributed by atoms with E-state index in [-0.39, 0.29) is 29.7 Å². The van der Waals surface area contributed by atoms with Gasteiger partial charge in [-0.1, -0.05) is 0 Å². The van der Waals surface area contributed by atoms with E-state index in [0.717, 1.165) is 0 Å². The van der Waals surface area contributed by atoms with Crippen LogP contribution in [-0.4, -0.2) is 45.7 Å². The third-order valence-corrected chi connectivity index (χ3v) is 7.49. The largest absolute Gasteiger partial charge is 0.497 e. The molecule has 1 N–H and O–H groups in total. The number of hydrogen-bond donors (Lipinski definition) is 1. The van der Waals surface area contributed by atoms with Gasteiger partial charge < -0.3 is 19.7 Å². The highest BCUT2D eigenvalue weighted by Crippen LogP contribution is 2.34. The molecule has 2 aromatic carbocycles. The third kappa shape index (κ3) is 4.66. The van der Waals surface area contributed by atoms with Crippen LogP contribution < -0.4 is 19.7 Å². The topological polar surface area (TPSA) is 102 Å². The number of methoxy groups -OCH3 is 1. The zero-order chi connectivity index (χ0) is 22.8. The number of nitrogens with zero attached hydrogens (tertiary/aromatic N) is 1. The summed E-state index contributed by atoms with van der Waals surface area (Å²) in [5.74, 6) is 0.391. The molecule has 0 saturated carbocycles. The summed E-state index contributed by atoms with van der Waals surface area (Å²) >= 11 is 0. The van der Waals surface area contributed by atoms with E-state index in [2.05, 4.69) is 5.32 Å². The Morgan fingerprint density at radius 1 is 1.26 bits per heavy atom. The molecule has 0 spiro atoms. The lowest BCUT2D eigenvalue weighted by molar-refractivity contribution is -0.119. The lowest BCUT2D eigenvalue weighted by Gasteiger charge is -2.24. The summed E-state index contributed by atoms with van der Waals surface area (Å²) in [5.41, 5.74) is 1.59. The van der Waals surface area contributed by atoms with Gasteiger partial charge in [0.25, 0.3) is 5.91 Å². The molecule has 1 aliphatic rings. The first-order valence-electron chi connectivity index (χ1n) is 9.93. The number of rotatable bonds is 7. The van der Waals surface area contributed by atoms with E-state index in [4.69, 9.17) is 9.47 Å². The van der Waals surface area contributed by atoms with Gasteiger partial charge in [-0.05, 0) is 56.7 Å². The molecule has 3 rings (SSSR count). The fourth-order valence-electron chi connectivity index (χ4n) is 3.47. The van der Waals surface area contributed by atoms with Gasteiger partial charge in [-0.25, -0.2) is 8.42 Å². The summed E-state index contributed by atoms with van der Waals surface area (Å²) in [6.45, 7) is 5.25. The maximum absolute atomic E-state index is 13.2. The number of carbonyl (C=O) groups excluding carboxylic acids is 2. The van der Waals surface area contributed by atoms with E-state index >= 15 is 0 Å². The summed E-state index contributed by atoms with van der Waals surface area (Å²) in [6, 6.07) is 10.0. The number of anilines is 2. The summed E-state index contributed by atoms with van der Waals surface area (Å²) in [4.78, 5) is 26.1. The van der Waals surface area contributed by atoms with Crippen LogP contribution in [0, 0.1) is 6.92 Å². The molecule has 0 fully saturated rings. The molecule has 0 saturated heterocycles. The van der Waals surface area contributed by atoms with Crippen LogP contribution in [0.15, 0.2) is 41.3 Å². The molecule has 31 heavy (non-hydrogen) atoms. The highest BCUT2D eigenvalue weighted by Gasteiger charge is 2.31. The van der Waals surface area contributed by atoms with E-state index in [1.165, 1.54) is 13.0 Å². The highest BCUT2D eigenvalue weighted by molar-refractivity contribution is 7.92. The molecule has 2 aromatic rings.